The maximum absolute atomic E-state index is 11.7. The first kappa shape index (κ1) is 17.4. The van der Waals surface area contributed by atoms with Gasteiger partial charge in [0.1, 0.15) is 18.1 Å². The smallest absolute Gasteiger partial charge is 0.352 e. The number of carboxylic acid groups (broad SMARTS) is 1. The van der Waals surface area contributed by atoms with Crippen molar-refractivity contribution in [1.29, 1.82) is 0 Å². The topological polar surface area (TPSA) is 51.5 Å². The molecule has 3 rings (SSSR count). The zero-order chi connectivity index (χ0) is 18.1. The minimum atomic E-state index is -0.947. The number of aromatic carboxylic acids is 1. The van der Waals surface area contributed by atoms with Crippen LogP contribution in [0.3, 0.4) is 0 Å². The van der Waals surface area contributed by atoms with Crippen LogP contribution < -0.4 is 4.74 Å². The van der Waals surface area contributed by atoms with Gasteiger partial charge >= 0.3 is 5.97 Å². The minimum Gasteiger partial charge on any atom is -0.491 e. The Bertz CT molecular complexity index is 939. The van der Waals surface area contributed by atoms with E-state index in [1.165, 1.54) is 0 Å². The molecule has 1 heterocycles. The Morgan fingerprint density at radius 1 is 1.16 bits per heavy atom. The van der Waals surface area contributed by atoms with E-state index < -0.39 is 5.97 Å². The Morgan fingerprint density at radius 2 is 1.84 bits per heavy atom. The lowest BCUT2D eigenvalue weighted by Gasteiger charge is -2.14. The van der Waals surface area contributed by atoms with E-state index in [0.29, 0.717) is 18.2 Å². The maximum Gasteiger partial charge on any atom is 0.352 e. The summed E-state index contributed by atoms with van der Waals surface area (Å²) < 4.78 is 7.74. The Labute approximate surface area is 151 Å². The first-order chi connectivity index (χ1) is 11.9. The summed E-state index contributed by atoms with van der Waals surface area (Å²) in [5.41, 5.74) is 3.99. The Morgan fingerprint density at radius 3 is 2.48 bits per heavy atom. The Balaban J connectivity index is 1.93. The monoisotopic (exact) mass is 357 g/mol. The molecule has 0 aliphatic heterocycles. The molecule has 0 unspecified atom stereocenters. The van der Waals surface area contributed by atoms with Crippen molar-refractivity contribution in [3.05, 3.63) is 63.8 Å². The average Bonchev–Trinajstić information content (AvgIpc) is 2.82. The SMILES string of the molecule is Cc1cccc(C)c1OCCn1c(C(=O)O)c(C)c2cc(Cl)ccc21. The normalized spacial score (nSPS) is 11.0. The molecule has 2 aromatic carbocycles. The van der Waals surface area contributed by atoms with Crippen LogP contribution in [0.1, 0.15) is 27.2 Å². The second-order valence-corrected chi connectivity index (χ2v) is 6.60. The van der Waals surface area contributed by atoms with Gasteiger partial charge in [0.15, 0.2) is 0 Å². The number of hydrogen-bond acceptors (Lipinski definition) is 2. The summed E-state index contributed by atoms with van der Waals surface area (Å²) >= 11 is 6.07. The molecule has 0 aliphatic rings. The average molecular weight is 358 g/mol. The van der Waals surface area contributed by atoms with E-state index in [1.807, 2.05) is 51.1 Å². The quantitative estimate of drug-likeness (QED) is 0.699. The summed E-state index contributed by atoms with van der Waals surface area (Å²) in [7, 11) is 0. The Hall–Kier alpha value is -2.46. The molecule has 0 bridgehead atoms. The van der Waals surface area contributed by atoms with Crippen LogP contribution in [0.2, 0.25) is 5.02 Å². The van der Waals surface area contributed by atoms with Crippen molar-refractivity contribution >= 4 is 28.5 Å². The third kappa shape index (κ3) is 3.22. The van der Waals surface area contributed by atoms with Crippen molar-refractivity contribution < 1.29 is 14.6 Å². The van der Waals surface area contributed by atoms with Crippen LogP contribution >= 0.6 is 11.6 Å². The number of carboxylic acids is 1. The number of carbonyl (C=O) groups is 1. The Kier molecular flexibility index (Phi) is 4.73. The standard InChI is InChI=1S/C20H20ClNO3/c1-12-5-4-6-13(2)19(12)25-10-9-22-17-8-7-15(21)11-16(17)14(3)18(22)20(23)24/h4-8,11H,9-10H2,1-3H3,(H,23,24). The van der Waals surface area contributed by atoms with Crippen LogP contribution in [-0.4, -0.2) is 22.2 Å². The van der Waals surface area contributed by atoms with Crippen molar-refractivity contribution in [3.63, 3.8) is 0 Å². The van der Waals surface area contributed by atoms with Gasteiger partial charge in [-0.2, -0.15) is 0 Å². The molecular formula is C20H20ClNO3. The first-order valence-corrected chi connectivity index (χ1v) is 8.48. The van der Waals surface area contributed by atoms with Crippen LogP contribution in [0.5, 0.6) is 5.75 Å². The highest BCUT2D eigenvalue weighted by Crippen LogP contribution is 2.29. The van der Waals surface area contributed by atoms with Crippen LogP contribution in [0.25, 0.3) is 10.9 Å². The fourth-order valence-electron chi connectivity index (χ4n) is 3.27. The number of halogens is 1. The third-order valence-corrected chi connectivity index (χ3v) is 4.69. The zero-order valence-electron chi connectivity index (χ0n) is 14.5. The number of benzene rings is 2. The molecule has 0 saturated carbocycles. The van der Waals surface area contributed by atoms with E-state index in [0.717, 1.165) is 33.3 Å². The fourth-order valence-corrected chi connectivity index (χ4v) is 3.44. The van der Waals surface area contributed by atoms with E-state index in [4.69, 9.17) is 16.3 Å². The molecule has 4 nitrogen and oxygen atoms in total. The highest BCUT2D eigenvalue weighted by Gasteiger charge is 2.19. The molecule has 0 spiro atoms. The van der Waals surface area contributed by atoms with Gasteiger partial charge in [-0.1, -0.05) is 29.8 Å². The second kappa shape index (κ2) is 6.81. The lowest BCUT2D eigenvalue weighted by molar-refractivity contribution is 0.0684. The van der Waals surface area contributed by atoms with E-state index in [2.05, 4.69) is 0 Å². The van der Waals surface area contributed by atoms with Crippen molar-refractivity contribution in [2.75, 3.05) is 6.61 Å². The van der Waals surface area contributed by atoms with Crippen molar-refractivity contribution in [2.45, 2.75) is 27.3 Å². The van der Waals surface area contributed by atoms with Gasteiger partial charge < -0.3 is 14.4 Å². The van der Waals surface area contributed by atoms with Gasteiger partial charge in [0.05, 0.1) is 6.54 Å². The molecule has 0 saturated heterocycles. The number of rotatable bonds is 5. The molecule has 130 valence electrons. The molecule has 1 aromatic heterocycles. The second-order valence-electron chi connectivity index (χ2n) is 6.16. The van der Waals surface area contributed by atoms with Gasteiger partial charge in [0.25, 0.3) is 0 Å². The van der Waals surface area contributed by atoms with Crippen molar-refractivity contribution in [2.24, 2.45) is 0 Å². The molecule has 25 heavy (non-hydrogen) atoms. The van der Waals surface area contributed by atoms with Crippen LogP contribution in [0, 0.1) is 20.8 Å². The number of ether oxygens (including phenoxy) is 1. The third-order valence-electron chi connectivity index (χ3n) is 4.45. The summed E-state index contributed by atoms with van der Waals surface area (Å²) in [5, 5.41) is 11.1. The summed E-state index contributed by atoms with van der Waals surface area (Å²) in [5.74, 6) is -0.0903. The molecule has 0 fully saturated rings. The largest absolute Gasteiger partial charge is 0.491 e. The molecule has 3 aromatic rings. The number of fused-ring (bicyclic) bond motifs is 1. The molecule has 0 atom stereocenters. The summed E-state index contributed by atoms with van der Waals surface area (Å²) in [6.07, 6.45) is 0. The highest BCUT2D eigenvalue weighted by molar-refractivity contribution is 6.31. The van der Waals surface area contributed by atoms with Crippen molar-refractivity contribution in [3.8, 4) is 5.75 Å². The van der Waals surface area contributed by atoms with E-state index in [-0.39, 0.29) is 5.69 Å². The molecule has 0 radical (unpaired) electrons. The van der Waals surface area contributed by atoms with Gasteiger partial charge in [-0.15, -0.1) is 0 Å². The number of para-hydroxylation sites is 1. The van der Waals surface area contributed by atoms with Gasteiger partial charge in [0, 0.05) is 15.9 Å². The molecule has 1 N–H and O–H groups in total. The van der Waals surface area contributed by atoms with E-state index >= 15 is 0 Å². The highest BCUT2D eigenvalue weighted by atomic mass is 35.5. The molecule has 5 heteroatoms. The number of aromatic nitrogens is 1. The van der Waals surface area contributed by atoms with Crippen LogP contribution in [0.4, 0.5) is 0 Å². The van der Waals surface area contributed by atoms with Crippen LogP contribution in [0.15, 0.2) is 36.4 Å². The zero-order valence-corrected chi connectivity index (χ0v) is 15.2. The van der Waals surface area contributed by atoms with Gasteiger partial charge in [0.2, 0.25) is 0 Å². The molecule has 0 aliphatic carbocycles. The summed E-state index contributed by atoms with van der Waals surface area (Å²) in [4.78, 5) is 11.7. The van der Waals surface area contributed by atoms with E-state index in [9.17, 15) is 9.90 Å². The van der Waals surface area contributed by atoms with Gasteiger partial charge in [-0.05, 0) is 55.7 Å². The number of nitrogens with zero attached hydrogens (tertiary/aromatic N) is 1. The number of hydrogen-bond donors (Lipinski definition) is 1. The maximum atomic E-state index is 11.7. The predicted molar refractivity (Wildman–Crippen MR) is 100 cm³/mol. The molecule has 0 amide bonds. The lowest BCUT2D eigenvalue weighted by Crippen LogP contribution is -2.15. The van der Waals surface area contributed by atoms with Gasteiger partial charge in [-0.3, -0.25) is 0 Å². The summed E-state index contributed by atoms with van der Waals surface area (Å²) in [6.45, 7) is 6.65. The van der Waals surface area contributed by atoms with Crippen molar-refractivity contribution in [1.82, 2.24) is 4.57 Å². The molecular weight excluding hydrogens is 338 g/mol. The summed E-state index contributed by atoms with van der Waals surface area (Å²) in [6, 6.07) is 11.4. The number of aryl methyl sites for hydroxylation is 3. The van der Waals surface area contributed by atoms with Crippen LogP contribution in [-0.2, 0) is 6.54 Å². The lowest BCUT2D eigenvalue weighted by atomic mass is 10.1. The first-order valence-electron chi connectivity index (χ1n) is 8.11. The fraction of sp³-hybridized carbons (Fsp3) is 0.250. The minimum absolute atomic E-state index is 0.280. The van der Waals surface area contributed by atoms with E-state index in [1.54, 1.807) is 10.6 Å². The predicted octanol–water partition coefficient (Wildman–Crippen LogP) is 5.00. The van der Waals surface area contributed by atoms with Gasteiger partial charge in [-0.25, -0.2) is 4.79 Å².